The molecule has 0 saturated heterocycles. The van der Waals surface area contributed by atoms with E-state index in [1.165, 1.54) is 5.56 Å². The van der Waals surface area contributed by atoms with E-state index in [0.717, 1.165) is 6.42 Å². The lowest BCUT2D eigenvalue weighted by Gasteiger charge is -2.37. The van der Waals surface area contributed by atoms with E-state index in [0.29, 0.717) is 12.2 Å². The third kappa shape index (κ3) is 1.78. The number of ketones is 1. The van der Waals surface area contributed by atoms with Crippen molar-refractivity contribution in [2.24, 2.45) is 5.92 Å². The van der Waals surface area contributed by atoms with E-state index in [4.69, 9.17) is 4.74 Å². The molecule has 3 aliphatic rings. The standard InChI is InChI=1S/C15H16O2/c1-15-9-13(11-5-3-2-4-6-11)12(7-8-17-15)14(16)10-15/h2-8,12-13H,9-10H2,1H3/t12-,13+,15+/m0/s1. The number of fused-ring (bicyclic) bond motifs is 3. The third-order valence-corrected chi connectivity index (χ3v) is 3.87. The van der Waals surface area contributed by atoms with Crippen LogP contribution in [0.1, 0.15) is 31.2 Å². The van der Waals surface area contributed by atoms with Gasteiger partial charge in [-0.05, 0) is 25.0 Å². The molecule has 2 aliphatic heterocycles. The van der Waals surface area contributed by atoms with Crippen LogP contribution in [0.4, 0.5) is 0 Å². The Hall–Kier alpha value is -1.57. The molecule has 1 aromatic rings. The summed E-state index contributed by atoms with van der Waals surface area (Å²) < 4.78 is 5.70. The van der Waals surface area contributed by atoms with Gasteiger partial charge in [-0.15, -0.1) is 0 Å². The molecule has 0 aromatic heterocycles. The minimum atomic E-state index is -0.318. The van der Waals surface area contributed by atoms with Crippen molar-refractivity contribution in [2.75, 3.05) is 0 Å². The molecule has 0 amide bonds. The van der Waals surface area contributed by atoms with Crippen molar-refractivity contribution in [1.82, 2.24) is 0 Å². The van der Waals surface area contributed by atoms with E-state index < -0.39 is 0 Å². The summed E-state index contributed by atoms with van der Waals surface area (Å²) in [6.07, 6.45) is 5.10. The van der Waals surface area contributed by atoms with Crippen LogP contribution in [0.25, 0.3) is 0 Å². The van der Waals surface area contributed by atoms with Crippen molar-refractivity contribution < 1.29 is 9.53 Å². The van der Waals surface area contributed by atoms with Gasteiger partial charge in [0.1, 0.15) is 11.4 Å². The molecule has 0 unspecified atom stereocenters. The van der Waals surface area contributed by atoms with Gasteiger partial charge in [0.05, 0.1) is 6.26 Å². The number of hydrogen-bond acceptors (Lipinski definition) is 2. The fourth-order valence-corrected chi connectivity index (χ4v) is 3.02. The average molecular weight is 228 g/mol. The zero-order chi connectivity index (χ0) is 11.9. The van der Waals surface area contributed by atoms with Crippen molar-refractivity contribution in [3.05, 3.63) is 48.2 Å². The molecular weight excluding hydrogens is 212 g/mol. The zero-order valence-electron chi connectivity index (χ0n) is 9.93. The maximum atomic E-state index is 12.1. The molecule has 2 heterocycles. The second-order valence-electron chi connectivity index (χ2n) is 5.29. The largest absolute Gasteiger partial charge is 0.495 e. The predicted molar refractivity (Wildman–Crippen MR) is 65.5 cm³/mol. The lowest BCUT2D eigenvalue weighted by molar-refractivity contribution is -0.130. The number of ether oxygens (including phenoxy) is 1. The Balaban J connectivity index is 2.02. The lowest BCUT2D eigenvalue weighted by Crippen LogP contribution is -2.40. The molecule has 2 heteroatoms. The fraction of sp³-hybridized carbons (Fsp3) is 0.400. The van der Waals surface area contributed by atoms with E-state index in [1.54, 1.807) is 6.26 Å². The molecule has 0 radical (unpaired) electrons. The van der Waals surface area contributed by atoms with Gasteiger partial charge >= 0.3 is 0 Å². The molecule has 1 saturated carbocycles. The topological polar surface area (TPSA) is 26.3 Å². The van der Waals surface area contributed by atoms with Gasteiger partial charge < -0.3 is 4.74 Å². The monoisotopic (exact) mass is 228 g/mol. The van der Waals surface area contributed by atoms with E-state index >= 15 is 0 Å². The van der Waals surface area contributed by atoms with Crippen LogP contribution >= 0.6 is 0 Å². The van der Waals surface area contributed by atoms with Gasteiger partial charge in [0, 0.05) is 18.3 Å². The molecule has 17 heavy (non-hydrogen) atoms. The minimum Gasteiger partial charge on any atom is -0.495 e. The van der Waals surface area contributed by atoms with Gasteiger partial charge in [0.15, 0.2) is 0 Å². The van der Waals surface area contributed by atoms with Crippen molar-refractivity contribution in [1.29, 1.82) is 0 Å². The summed E-state index contributed by atoms with van der Waals surface area (Å²) in [5.41, 5.74) is 0.924. The predicted octanol–water partition coefficient (Wildman–Crippen LogP) is 3.05. The van der Waals surface area contributed by atoms with Crippen LogP contribution in [0.5, 0.6) is 0 Å². The van der Waals surface area contributed by atoms with Gasteiger partial charge in [0.25, 0.3) is 0 Å². The Labute approximate surface area is 101 Å². The van der Waals surface area contributed by atoms with E-state index in [9.17, 15) is 4.79 Å². The normalized spacial score (nSPS) is 35.5. The SMILES string of the molecule is C[C@@]12CC(=O)[C@@H](C=CO1)[C@@H](c1ccccc1)C2. The number of carbonyl (C=O) groups excluding carboxylic acids is 1. The van der Waals surface area contributed by atoms with Crippen LogP contribution < -0.4 is 0 Å². The molecule has 88 valence electrons. The first kappa shape index (κ1) is 10.6. The highest BCUT2D eigenvalue weighted by Gasteiger charge is 2.45. The Morgan fingerprint density at radius 3 is 2.82 bits per heavy atom. The molecule has 2 nitrogen and oxygen atoms in total. The molecule has 0 spiro atoms. The van der Waals surface area contributed by atoms with E-state index in [2.05, 4.69) is 12.1 Å². The van der Waals surface area contributed by atoms with Gasteiger partial charge in [0.2, 0.25) is 0 Å². The van der Waals surface area contributed by atoms with Gasteiger partial charge in [-0.1, -0.05) is 30.3 Å². The Morgan fingerprint density at radius 2 is 2.06 bits per heavy atom. The summed E-state index contributed by atoms with van der Waals surface area (Å²) in [6, 6.07) is 10.3. The Bertz CT molecular complexity index is 463. The van der Waals surface area contributed by atoms with Crippen LogP contribution in [-0.4, -0.2) is 11.4 Å². The van der Waals surface area contributed by atoms with Crippen LogP contribution in [0.3, 0.4) is 0 Å². The first-order valence-electron chi connectivity index (χ1n) is 6.10. The van der Waals surface area contributed by atoms with Crippen LogP contribution in [0, 0.1) is 5.92 Å². The highest BCUT2D eigenvalue weighted by Crippen LogP contribution is 2.45. The summed E-state index contributed by atoms with van der Waals surface area (Å²) in [7, 11) is 0. The van der Waals surface area contributed by atoms with Crippen LogP contribution in [0.2, 0.25) is 0 Å². The summed E-state index contributed by atoms with van der Waals surface area (Å²) >= 11 is 0. The zero-order valence-corrected chi connectivity index (χ0v) is 9.93. The summed E-state index contributed by atoms with van der Waals surface area (Å²) in [6.45, 7) is 2.03. The molecule has 4 rings (SSSR count). The van der Waals surface area contributed by atoms with Gasteiger partial charge in [-0.25, -0.2) is 0 Å². The van der Waals surface area contributed by atoms with Gasteiger partial charge in [-0.2, -0.15) is 0 Å². The molecule has 1 aromatic carbocycles. The van der Waals surface area contributed by atoms with Crippen molar-refractivity contribution in [2.45, 2.75) is 31.3 Å². The van der Waals surface area contributed by atoms with Crippen molar-refractivity contribution in [3.8, 4) is 0 Å². The molecule has 0 N–H and O–H groups in total. The van der Waals surface area contributed by atoms with Crippen molar-refractivity contribution >= 4 is 5.78 Å². The Morgan fingerprint density at radius 1 is 1.29 bits per heavy atom. The maximum absolute atomic E-state index is 12.1. The lowest BCUT2D eigenvalue weighted by atomic mass is 9.69. The third-order valence-electron chi connectivity index (χ3n) is 3.87. The fourth-order valence-electron chi connectivity index (χ4n) is 3.02. The number of allylic oxidation sites excluding steroid dienone is 1. The van der Waals surface area contributed by atoms with E-state index in [-0.39, 0.29) is 17.4 Å². The smallest absolute Gasteiger partial charge is 0.144 e. The second-order valence-corrected chi connectivity index (χ2v) is 5.29. The Kier molecular flexibility index (Phi) is 2.32. The summed E-state index contributed by atoms with van der Waals surface area (Å²) in [5.74, 6) is 0.565. The molecule has 1 aliphatic carbocycles. The number of Topliss-reactive ketones (excluding diaryl/α,β-unsaturated/α-hetero) is 1. The molecule has 1 fully saturated rings. The van der Waals surface area contributed by atoms with Crippen molar-refractivity contribution in [3.63, 3.8) is 0 Å². The second kappa shape index (κ2) is 3.73. The number of benzene rings is 1. The average Bonchev–Trinajstić information content (AvgIpc) is 2.57. The van der Waals surface area contributed by atoms with Gasteiger partial charge in [-0.3, -0.25) is 4.79 Å². The van der Waals surface area contributed by atoms with Crippen LogP contribution in [-0.2, 0) is 9.53 Å². The number of carbonyl (C=O) groups is 1. The first-order chi connectivity index (χ1) is 8.18. The highest BCUT2D eigenvalue weighted by molar-refractivity contribution is 5.86. The van der Waals surface area contributed by atoms with Crippen LogP contribution in [0.15, 0.2) is 42.7 Å². The molecule has 2 bridgehead atoms. The minimum absolute atomic E-state index is 0.00650. The maximum Gasteiger partial charge on any atom is 0.144 e. The molecule has 3 atom stereocenters. The number of rotatable bonds is 1. The highest BCUT2D eigenvalue weighted by atomic mass is 16.5. The quantitative estimate of drug-likeness (QED) is 0.738. The van der Waals surface area contributed by atoms with E-state index in [1.807, 2.05) is 31.2 Å². The summed E-state index contributed by atoms with van der Waals surface area (Å²) in [5, 5.41) is 0. The molecular formula is C15H16O2. The summed E-state index contributed by atoms with van der Waals surface area (Å²) in [4.78, 5) is 12.1. The first-order valence-corrected chi connectivity index (χ1v) is 6.10. The number of hydrogen-bond donors (Lipinski definition) is 0.